The van der Waals surface area contributed by atoms with Gasteiger partial charge in [0.15, 0.2) is 5.65 Å². The summed E-state index contributed by atoms with van der Waals surface area (Å²) in [6.45, 7) is 6.89. The third-order valence-electron chi connectivity index (χ3n) is 7.45. The Morgan fingerprint density at radius 2 is 2.05 bits per heavy atom. The second-order valence-corrected chi connectivity index (χ2v) is 10.2. The van der Waals surface area contributed by atoms with Crippen LogP contribution in [-0.4, -0.2) is 55.4 Å². The molecule has 1 fully saturated rings. The van der Waals surface area contributed by atoms with E-state index in [1.54, 1.807) is 6.20 Å². The van der Waals surface area contributed by atoms with Crippen molar-refractivity contribution >= 4 is 17.0 Å². The molecule has 0 aliphatic carbocycles. The molecule has 1 aliphatic heterocycles. The molecule has 0 bridgehead atoms. The summed E-state index contributed by atoms with van der Waals surface area (Å²) >= 11 is 0. The Kier molecular flexibility index (Phi) is 7.60. The van der Waals surface area contributed by atoms with Crippen LogP contribution in [0, 0.1) is 12.8 Å². The van der Waals surface area contributed by atoms with Crippen molar-refractivity contribution in [1.82, 2.24) is 24.6 Å². The topological polar surface area (TPSA) is 84.1 Å². The molecule has 0 spiro atoms. The average molecular weight is 498 g/mol. The molecule has 4 aromatic rings. The van der Waals surface area contributed by atoms with Gasteiger partial charge in [0.1, 0.15) is 0 Å². The first-order valence-corrected chi connectivity index (χ1v) is 13.3. The zero-order valence-electron chi connectivity index (χ0n) is 21.7. The number of fused-ring (bicyclic) bond motifs is 1. The summed E-state index contributed by atoms with van der Waals surface area (Å²) in [6, 6.07) is 18.5. The molecule has 1 N–H and O–H groups in total. The molecule has 7 heteroatoms. The van der Waals surface area contributed by atoms with Crippen molar-refractivity contribution in [3.8, 4) is 5.69 Å². The van der Waals surface area contributed by atoms with Crippen LogP contribution in [-0.2, 0) is 17.6 Å². The highest BCUT2D eigenvalue weighted by Crippen LogP contribution is 2.28. The van der Waals surface area contributed by atoms with Crippen molar-refractivity contribution in [3.05, 3.63) is 83.4 Å². The van der Waals surface area contributed by atoms with E-state index < -0.39 is 5.97 Å². The number of benzene rings is 1. The highest BCUT2D eigenvalue weighted by atomic mass is 16.4. The van der Waals surface area contributed by atoms with Crippen LogP contribution < -0.4 is 0 Å². The van der Waals surface area contributed by atoms with E-state index in [1.165, 1.54) is 0 Å². The van der Waals surface area contributed by atoms with Crippen molar-refractivity contribution in [2.45, 2.75) is 51.9 Å². The number of hydrogen-bond donors (Lipinski definition) is 1. The minimum Gasteiger partial charge on any atom is -0.481 e. The monoisotopic (exact) mass is 497 g/mol. The Morgan fingerprint density at radius 3 is 2.89 bits per heavy atom. The summed E-state index contributed by atoms with van der Waals surface area (Å²) in [5.41, 5.74) is 6.10. The van der Waals surface area contributed by atoms with E-state index in [-0.39, 0.29) is 12.3 Å². The summed E-state index contributed by atoms with van der Waals surface area (Å²) in [7, 11) is 0. The molecule has 3 aromatic heterocycles. The summed E-state index contributed by atoms with van der Waals surface area (Å²) in [6.07, 6.45) is 5.96. The van der Waals surface area contributed by atoms with Gasteiger partial charge in [-0.05, 0) is 93.1 Å². The third-order valence-corrected chi connectivity index (χ3v) is 7.45. The molecule has 5 rings (SSSR count). The second-order valence-electron chi connectivity index (χ2n) is 10.2. The van der Waals surface area contributed by atoms with E-state index in [0.29, 0.717) is 5.92 Å². The van der Waals surface area contributed by atoms with Gasteiger partial charge in [-0.15, -0.1) is 0 Å². The lowest BCUT2D eigenvalue weighted by molar-refractivity contribution is -0.137. The number of rotatable bonds is 10. The van der Waals surface area contributed by atoms with Crippen LogP contribution in [0.3, 0.4) is 0 Å². The van der Waals surface area contributed by atoms with Crippen molar-refractivity contribution in [2.75, 3.05) is 19.6 Å². The maximum absolute atomic E-state index is 11.8. The lowest BCUT2D eigenvalue weighted by atomic mass is 9.94. The lowest BCUT2D eigenvalue weighted by Gasteiger charge is -2.24. The average Bonchev–Trinajstić information content (AvgIpc) is 3.52. The van der Waals surface area contributed by atoms with Crippen molar-refractivity contribution in [2.24, 2.45) is 5.92 Å². The first kappa shape index (κ1) is 25.1. The summed E-state index contributed by atoms with van der Waals surface area (Å²) in [4.78, 5) is 23.3. The van der Waals surface area contributed by atoms with Crippen LogP contribution in [0.2, 0.25) is 0 Å². The van der Waals surface area contributed by atoms with E-state index in [4.69, 9.17) is 4.98 Å². The van der Waals surface area contributed by atoms with E-state index in [1.807, 2.05) is 29.8 Å². The maximum atomic E-state index is 11.8. The van der Waals surface area contributed by atoms with Gasteiger partial charge >= 0.3 is 5.97 Å². The van der Waals surface area contributed by atoms with E-state index >= 15 is 0 Å². The number of aryl methyl sites for hydroxylation is 3. The van der Waals surface area contributed by atoms with Gasteiger partial charge in [-0.1, -0.05) is 19.1 Å². The molecular formula is C30H35N5O2. The van der Waals surface area contributed by atoms with Crippen LogP contribution in [0.15, 0.2) is 60.8 Å². The van der Waals surface area contributed by atoms with Gasteiger partial charge in [-0.2, -0.15) is 5.10 Å². The third kappa shape index (κ3) is 6.05. The number of likely N-dealkylation sites (tertiary alicyclic amines) is 1. The molecular weight excluding hydrogens is 462 g/mol. The Bertz CT molecular complexity index is 1380. The number of pyridine rings is 2. The smallest absolute Gasteiger partial charge is 0.304 e. The van der Waals surface area contributed by atoms with Crippen LogP contribution in [0.1, 0.15) is 54.7 Å². The van der Waals surface area contributed by atoms with Crippen LogP contribution >= 0.6 is 0 Å². The number of aromatic nitrogens is 4. The van der Waals surface area contributed by atoms with Gasteiger partial charge in [-0.25, -0.2) is 14.6 Å². The summed E-state index contributed by atoms with van der Waals surface area (Å²) < 4.78 is 1.99. The fourth-order valence-corrected chi connectivity index (χ4v) is 5.55. The largest absolute Gasteiger partial charge is 0.481 e. The van der Waals surface area contributed by atoms with Gasteiger partial charge in [0.05, 0.1) is 17.8 Å². The first-order chi connectivity index (χ1) is 18.0. The van der Waals surface area contributed by atoms with Crippen molar-refractivity contribution < 1.29 is 9.90 Å². The van der Waals surface area contributed by atoms with Crippen LogP contribution in [0.25, 0.3) is 16.7 Å². The minimum absolute atomic E-state index is 0.0637. The molecule has 0 amide bonds. The Hall–Kier alpha value is -3.58. The van der Waals surface area contributed by atoms with Crippen LogP contribution in [0.4, 0.5) is 0 Å². The standard InChI is InChI=1S/C30H35N5O2/c1-3-27-16-21(2)33-35(27)28-8-4-6-24(17-28)25(18-29(36)37)20-34-15-13-22(19-34)9-11-26-12-10-23-7-5-14-31-30(23)32-26/h4-8,10,12,14,16-17,22,25H,3,9,11,13,15,18-20H2,1-2H3,(H,36,37). The van der Waals surface area contributed by atoms with Crippen molar-refractivity contribution in [1.29, 1.82) is 0 Å². The Labute approximate surface area is 218 Å². The molecule has 1 aliphatic rings. The van der Waals surface area contributed by atoms with E-state index in [0.717, 1.165) is 84.7 Å². The number of carboxylic acids is 1. The Morgan fingerprint density at radius 1 is 1.16 bits per heavy atom. The van der Waals surface area contributed by atoms with Gasteiger partial charge in [0.25, 0.3) is 0 Å². The number of aliphatic carboxylic acids is 1. The van der Waals surface area contributed by atoms with Gasteiger partial charge in [-0.3, -0.25) is 4.79 Å². The summed E-state index contributed by atoms with van der Waals surface area (Å²) in [5.74, 6) is -0.227. The molecule has 1 saturated heterocycles. The minimum atomic E-state index is -0.758. The molecule has 192 valence electrons. The number of nitrogens with zero attached hydrogens (tertiary/aromatic N) is 5. The predicted molar refractivity (Wildman–Crippen MR) is 145 cm³/mol. The molecule has 7 nitrogen and oxygen atoms in total. The molecule has 37 heavy (non-hydrogen) atoms. The molecule has 4 heterocycles. The second kappa shape index (κ2) is 11.2. The van der Waals surface area contributed by atoms with Crippen molar-refractivity contribution in [3.63, 3.8) is 0 Å². The normalized spacial score (nSPS) is 16.9. The highest BCUT2D eigenvalue weighted by molar-refractivity contribution is 5.74. The molecule has 2 atom stereocenters. The maximum Gasteiger partial charge on any atom is 0.304 e. The Balaban J connectivity index is 1.24. The molecule has 2 unspecified atom stereocenters. The van der Waals surface area contributed by atoms with E-state index in [9.17, 15) is 9.90 Å². The molecule has 0 saturated carbocycles. The number of carboxylic acid groups (broad SMARTS) is 1. The van der Waals surface area contributed by atoms with Gasteiger partial charge in [0, 0.05) is 42.0 Å². The van der Waals surface area contributed by atoms with E-state index in [2.05, 4.69) is 58.3 Å². The number of carbonyl (C=O) groups is 1. The zero-order chi connectivity index (χ0) is 25.8. The highest BCUT2D eigenvalue weighted by Gasteiger charge is 2.27. The first-order valence-electron chi connectivity index (χ1n) is 13.3. The van der Waals surface area contributed by atoms with Gasteiger partial charge in [0.2, 0.25) is 0 Å². The number of hydrogen-bond acceptors (Lipinski definition) is 5. The fraction of sp³-hybridized carbons (Fsp3) is 0.400. The molecule has 1 aromatic carbocycles. The fourth-order valence-electron chi connectivity index (χ4n) is 5.55. The lowest BCUT2D eigenvalue weighted by Crippen LogP contribution is -2.28. The van der Waals surface area contributed by atoms with Gasteiger partial charge < -0.3 is 10.0 Å². The predicted octanol–water partition coefficient (Wildman–Crippen LogP) is 5.20. The SMILES string of the molecule is CCc1cc(C)nn1-c1cccc(C(CC(=O)O)CN2CCC(CCc3ccc4cccnc4n3)C2)c1. The summed E-state index contributed by atoms with van der Waals surface area (Å²) in [5, 5.41) is 15.4. The quantitative estimate of drug-likeness (QED) is 0.324. The molecule has 0 radical (unpaired) electrons. The van der Waals surface area contributed by atoms with Crippen LogP contribution in [0.5, 0.6) is 0 Å². The zero-order valence-corrected chi connectivity index (χ0v) is 21.7.